The first-order valence-electron chi connectivity index (χ1n) is 1.68. The van der Waals surface area contributed by atoms with Crippen molar-refractivity contribution in [1.29, 1.82) is 0 Å². The molecule has 0 aliphatic carbocycles. The average Bonchev–Trinajstić information content (AvgIpc) is 1.72. The lowest BCUT2D eigenvalue weighted by Gasteiger charge is -2.04. The molecule has 35 valence electrons. The van der Waals surface area contributed by atoms with E-state index in [0.29, 0.717) is 0 Å². The summed E-state index contributed by atoms with van der Waals surface area (Å²) in [4.78, 5) is 0. The third-order valence-corrected chi connectivity index (χ3v) is 4.24. The molecular formula is C3H5S3. The number of rotatable bonds is 0. The molecule has 1 radical (unpaired) electrons. The summed E-state index contributed by atoms with van der Waals surface area (Å²) in [5.74, 6) is 3.47. The third kappa shape index (κ3) is 1.67. The summed E-state index contributed by atoms with van der Waals surface area (Å²) in [6, 6.07) is 0. The molecule has 0 saturated carbocycles. The molecule has 0 bridgehead atoms. The standard InChI is InChI=1S/C3H5S3/c1-2-5-6-3-4-1/h2H,1,3H2. The lowest BCUT2D eigenvalue weighted by molar-refractivity contribution is 1.76. The van der Waals surface area contributed by atoms with Gasteiger partial charge in [0.1, 0.15) is 0 Å². The van der Waals surface area contributed by atoms with Crippen LogP contribution in [0.5, 0.6) is 0 Å². The molecule has 0 unspecified atom stereocenters. The van der Waals surface area contributed by atoms with Gasteiger partial charge in [-0.25, -0.2) is 0 Å². The molecule has 6 heavy (non-hydrogen) atoms. The molecule has 3 heteroatoms. The monoisotopic (exact) mass is 137 g/mol. The van der Waals surface area contributed by atoms with E-state index in [1.807, 2.05) is 33.3 Å². The Balaban J connectivity index is 2.00. The van der Waals surface area contributed by atoms with Crippen LogP contribution in [0.25, 0.3) is 0 Å². The Labute approximate surface area is 50.2 Å². The summed E-state index contributed by atoms with van der Waals surface area (Å²) >= 11 is 1.98. The summed E-state index contributed by atoms with van der Waals surface area (Å²) < 4.78 is 0. The van der Waals surface area contributed by atoms with Crippen molar-refractivity contribution >= 4 is 33.3 Å². The fourth-order valence-electron chi connectivity index (χ4n) is 0.234. The SMILES string of the molecule is [CH]1CSCSS1. The van der Waals surface area contributed by atoms with Gasteiger partial charge in [0.25, 0.3) is 0 Å². The third-order valence-electron chi connectivity index (χ3n) is 0.453. The van der Waals surface area contributed by atoms with Gasteiger partial charge in [0.05, 0.1) is 0 Å². The molecule has 0 spiro atoms. The van der Waals surface area contributed by atoms with Crippen LogP contribution in [0.15, 0.2) is 0 Å². The van der Waals surface area contributed by atoms with Gasteiger partial charge in [0.15, 0.2) is 0 Å². The van der Waals surface area contributed by atoms with E-state index in [1.165, 1.54) is 10.8 Å². The van der Waals surface area contributed by atoms with Crippen molar-refractivity contribution in [2.24, 2.45) is 0 Å². The lowest BCUT2D eigenvalue weighted by Crippen LogP contribution is -1.80. The quantitative estimate of drug-likeness (QED) is 0.470. The van der Waals surface area contributed by atoms with Gasteiger partial charge in [-0.3, -0.25) is 0 Å². The zero-order valence-corrected chi connectivity index (χ0v) is 5.67. The van der Waals surface area contributed by atoms with Crippen LogP contribution >= 0.6 is 33.3 Å². The molecule has 1 heterocycles. The van der Waals surface area contributed by atoms with E-state index in [0.717, 1.165) is 0 Å². The molecule has 0 amide bonds. The maximum Gasteiger partial charge on any atom is 0.0496 e. The Bertz CT molecular complexity index is 21.5. The Morgan fingerprint density at radius 3 is 2.67 bits per heavy atom. The molecule has 0 aromatic rings. The highest BCUT2D eigenvalue weighted by Gasteiger charge is 1.97. The van der Waals surface area contributed by atoms with Crippen LogP contribution in [0.3, 0.4) is 0 Å². The highest BCUT2D eigenvalue weighted by atomic mass is 33.1. The van der Waals surface area contributed by atoms with Crippen LogP contribution in [0, 0.1) is 5.75 Å². The minimum absolute atomic E-state index is 1.23. The van der Waals surface area contributed by atoms with Crippen LogP contribution in [0.1, 0.15) is 0 Å². The molecule has 1 rings (SSSR count). The smallest absolute Gasteiger partial charge is 0.0496 e. The van der Waals surface area contributed by atoms with Crippen LogP contribution in [0.4, 0.5) is 0 Å². The van der Waals surface area contributed by atoms with Gasteiger partial charge >= 0.3 is 0 Å². The molecule has 0 aromatic heterocycles. The Morgan fingerprint density at radius 2 is 2.50 bits per heavy atom. The van der Waals surface area contributed by atoms with E-state index in [2.05, 4.69) is 5.75 Å². The van der Waals surface area contributed by atoms with Gasteiger partial charge in [0.2, 0.25) is 0 Å². The van der Waals surface area contributed by atoms with Gasteiger partial charge in [-0.1, -0.05) is 21.6 Å². The molecule has 1 aliphatic heterocycles. The average molecular weight is 137 g/mol. The zero-order valence-electron chi connectivity index (χ0n) is 3.22. The molecular weight excluding hydrogens is 132 g/mol. The first kappa shape index (κ1) is 5.19. The van der Waals surface area contributed by atoms with E-state index in [-0.39, 0.29) is 0 Å². The number of thioether (sulfide) groups is 1. The van der Waals surface area contributed by atoms with Gasteiger partial charge in [-0.05, 0) is 0 Å². The van der Waals surface area contributed by atoms with Crippen LogP contribution in [-0.2, 0) is 0 Å². The predicted molar refractivity (Wildman–Crippen MR) is 36.8 cm³/mol. The summed E-state index contributed by atoms with van der Waals surface area (Å²) in [6.07, 6.45) is 0. The molecule has 1 saturated heterocycles. The Hall–Kier alpha value is 1.05. The molecule has 0 N–H and O–H groups in total. The van der Waals surface area contributed by atoms with Gasteiger partial charge in [-0.15, -0.1) is 11.8 Å². The van der Waals surface area contributed by atoms with Gasteiger partial charge in [-0.2, -0.15) is 0 Å². The summed E-state index contributed by atoms with van der Waals surface area (Å²) in [6.45, 7) is 0. The molecule has 0 aromatic carbocycles. The van der Waals surface area contributed by atoms with Crippen LogP contribution < -0.4 is 0 Å². The van der Waals surface area contributed by atoms with Crippen molar-refractivity contribution in [1.82, 2.24) is 0 Å². The van der Waals surface area contributed by atoms with E-state index >= 15 is 0 Å². The number of hydrogen-bond acceptors (Lipinski definition) is 3. The summed E-state index contributed by atoms with van der Waals surface area (Å²) in [5.41, 5.74) is 0. The van der Waals surface area contributed by atoms with Gasteiger partial charge in [0, 0.05) is 16.6 Å². The Morgan fingerprint density at radius 1 is 1.50 bits per heavy atom. The molecule has 0 nitrogen and oxygen atoms in total. The second-order valence-electron chi connectivity index (χ2n) is 0.869. The predicted octanol–water partition coefficient (Wildman–Crippen LogP) is 2.23. The largest absolute Gasteiger partial charge is 0.149 e. The molecule has 1 aliphatic rings. The summed E-state index contributed by atoms with van der Waals surface area (Å²) in [7, 11) is 3.78. The fraction of sp³-hybridized carbons (Fsp3) is 0.667. The van der Waals surface area contributed by atoms with E-state index in [1.54, 1.807) is 0 Å². The highest BCUT2D eigenvalue weighted by molar-refractivity contribution is 8.79. The molecule has 1 fully saturated rings. The van der Waals surface area contributed by atoms with Crippen LogP contribution in [0.2, 0.25) is 0 Å². The van der Waals surface area contributed by atoms with Crippen molar-refractivity contribution in [2.75, 3.05) is 10.8 Å². The minimum atomic E-state index is 1.23. The van der Waals surface area contributed by atoms with Crippen molar-refractivity contribution in [3.05, 3.63) is 5.75 Å². The van der Waals surface area contributed by atoms with Crippen molar-refractivity contribution in [3.8, 4) is 0 Å². The normalized spacial score (nSPS) is 24.0. The fourth-order valence-corrected chi connectivity index (χ4v) is 3.72. The first-order valence-corrected chi connectivity index (χ1v) is 5.21. The number of hydrogen-bond donors (Lipinski definition) is 0. The topological polar surface area (TPSA) is 0 Å². The highest BCUT2D eigenvalue weighted by Crippen LogP contribution is 2.34. The van der Waals surface area contributed by atoms with E-state index < -0.39 is 0 Å². The Kier molecular flexibility index (Phi) is 2.69. The maximum atomic E-state index is 2.23. The zero-order chi connectivity index (χ0) is 4.24. The maximum absolute atomic E-state index is 2.23. The first-order chi connectivity index (χ1) is 3.00. The second-order valence-corrected chi connectivity index (χ2v) is 4.60. The van der Waals surface area contributed by atoms with Crippen molar-refractivity contribution < 1.29 is 0 Å². The van der Waals surface area contributed by atoms with Crippen molar-refractivity contribution in [3.63, 3.8) is 0 Å². The van der Waals surface area contributed by atoms with E-state index in [4.69, 9.17) is 0 Å². The molecule has 0 atom stereocenters. The minimum Gasteiger partial charge on any atom is -0.149 e. The summed E-state index contributed by atoms with van der Waals surface area (Å²) in [5, 5.41) is 1.27. The van der Waals surface area contributed by atoms with Crippen LogP contribution in [-0.4, -0.2) is 10.8 Å². The lowest BCUT2D eigenvalue weighted by atomic mass is 11.0. The van der Waals surface area contributed by atoms with Gasteiger partial charge < -0.3 is 0 Å². The van der Waals surface area contributed by atoms with E-state index in [9.17, 15) is 0 Å². The van der Waals surface area contributed by atoms with Crippen molar-refractivity contribution in [2.45, 2.75) is 0 Å². The second kappa shape index (κ2) is 3.10.